The highest BCUT2D eigenvalue weighted by Gasteiger charge is 2.03. The van der Waals surface area contributed by atoms with Crippen molar-refractivity contribution in [2.45, 2.75) is 31.9 Å². The molecule has 0 aliphatic heterocycles. The molecule has 0 atom stereocenters. The van der Waals surface area contributed by atoms with Crippen LogP contribution in [0.4, 0.5) is 0 Å². The molecule has 1 aromatic rings. The second-order valence-corrected chi connectivity index (χ2v) is 4.43. The zero-order valence-electron chi connectivity index (χ0n) is 8.99. The minimum atomic E-state index is 0.427. The van der Waals surface area contributed by atoms with Gasteiger partial charge in [0.05, 0.1) is 0 Å². The van der Waals surface area contributed by atoms with Crippen LogP contribution >= 0.6 is 23.4 Å². The van der Waals surface area contributed by atoms with Gasteiger partial charge in [0.1, 0.15) is 16.8 Å². The topological polar surface area (TPSA) is 35.0 Å². The summed E-state index contributed by atoms with van der Waals surface area (Å²) in [6.07, 6.45) is 1.12. The monoisotopic (exact) mass is 246 g/mol. The molecule has 0 N–H and O–H groups in total. The smallest absolute Gasteiger partial charge is 0.156 e. The van der Waals surface area contributed by atoms with Crippen LogP contribution < -0.4 is 0 Å². The third-order valence-electron chi connectivity index (χ3n) is 1.61. The lowest BCUT2D eigenvalue weighted by Gasteiger charge is -2.04. The van der Waals surface area contributed by atoms with Crippen molar-refractivity contribution in [2.75, 3.05) is 12.4 Å². The maximum atomic E-state index is 5.89. The summed E-state index contributed by atoms with van der Waals surface area (Å²) in [5.41, 5.74) is 0. The summed E-state index contributed by atoms with van der Waals surface area (Å²) in [6, 6.07) is 1.79. The summed E-state index contributed by atoms with van der Waals surface area (Å²) in [6.45, 7) is 5.16. The van der Waals surface area contributed by atoms with Crippen molar-refractivity contribution in [3.8, 4) is 0 Å². The first-order chi connectivity index (χ1) is 7.26. The molecule has 0 saturated heterocycles. The van der Waals surface area contributed by atoms with Crippen LogP contribution in [0.25, 0.3) is 0 Å². The predicted molar refractivity (Wildman–Crippen MR) is 63.4 cm³/mol. The average molecular weight is 247 g/mol. The van der Waals surface area contributed by atoms with E-state index in [0.29, 0.717) is 24.2 Å². The predicted octanol–water partition coefficient (Wildman–Crippen LogP) is 3.17. The van der Waals surface area contributed by atoms with Crippen LogP contribution in [0, 0.1) is 0 Å². The molecule has 0 radical (unpaired) electrons. The molecule has 1 aromatic heterocycles. The van der Waals surface area contributed by atoms with E-state index in [2.05, 4.69) is 16.9 Å². The molecule has 0 amide bonds. The molecule has 0 aliphatic carbocycles. The van der Waals surface area contributed by atoms with Crippen molar-refractivity contribution in [1.82, 2.24) is 9.97 Å². The van der Waals surface area contributed by atoms with Crippen LogP contribution in [-0.2, 0) is 11.3 Å². The Hall–Kier alpha value is -0.320. The van der Waals surface area contributed by atoms with Crippen molar-refractivity contribution >= 4 is 23.4 Å². The maximum absolute atomic E-state index is 5.89. The molecule has 5 heteroatoms. The number of nitrogens with zero attached hydrogens (tertiary/aromatic N) is 2. The van der Waals surface area contributed by atoms with Crippen molar-refractivity contribution in [2.24, 2.45) is 0 Å². The summed E-state index contributed by atoms with van der Waals surface area (Å²) in [5, 5.41) is 1.41. The summed E-state index contributed by atoms with van der Waals surface area (Å²) < 4.78 is 5.24. The fraction of sp³-hybridized carbons (Fsp3) is 0.600. The van der Waals surface area contributed by atoms with Gasteiger partial charge >= 0.3 is 0 Å². The molecule has 3 nitrogen and oxygen atoms in total. The molecule has 0 aromatic carbocycles. The van der Waals surface area contributed by atoms with Gasteiger partial charge in [-0.15, -0.1) is 11.8 Å². The van der Waals surface area contributed by atoms with Crippen LogP contribution in [0.1, 0.15) is 26.1 Å². The molecule has 1 rings (SSSR count). The maximum Gasteiger partial charge on any atom is 0.156 e. The van der Waals surface area contributed by atoms with Crippen LogP contribution in [0.3, 0.4) is 0 Å². The molecule has 15 heavy (non-hydrogen) atoms. The lowest BCUT2D eigenvalue weighted by molar-refractivity contribution is 0.128. The van der Waals surface area contributed by atoms with Crippen LogP contribution in [0.2, 0.25) is 5.15 Å². The Bertz CT molecular complexity index is 283. The van der Waals surface area contributed by atoms with E-state index in [9.17, 15) is 0 Å². The van der Waals surface area contributed by atoms with Gasteiger partial charge < -0.3 is 4.74 Å². The minimum absolute atomic E-state index is 0.427. The normalized spacial score (nSPS) is 10.6. The zero-order chi connectivity index (χ0) is 11.1. The fourth-order valence-corrected chi connectivity index (χ4v) is 2.02. The van der Waals surface area contributed by atoms with Crippen molar-refractivity contribution in [3.05, 3.63) is 17.0 Å². The molecule has 0 unspecified atom stereocenters. The fourth-order valence-electron chi connectivity index (χ4n) is 0.980. The summed E-state index contributed by atoms with van der Waals surface area (Å²) in [5.74, 6) is 1.70. The van der Waals surface area contributed by atoms with E-state index in [-0.39, 0.29) is 0 Å². The molecule has 0 bridgehead atoms. The Labute approximate surface area is 99.6 Å². The third kappa shape index (κ3) is 4.82. The molecular formula is C10H15ClN2OS. The number of ether oxygens (including phenoxy) is 1. The lowest BCUT2D eigenvalue weighted by atomic mass is 10.6. The highest BCUT2D eigenvalue weighted by atomic mass is 35.5. The van der Waals surface area contributed by atoms with Gasteiger partial charge in [-0.05, 0) is 19.1 Å². The Morgan fingerprint density at radius 3 is 2.87 bits per heavy atom. The second-order valence-electron chi connectivity index (χ2n) is 2.93. The van der Waals surface area contributed by atoms with Gasteiger partial charge in [-0.1, -0.05) is 18.5 Å². The number of hydrogen-bond donors (Lipinski definition) is 0. The first kappa shape index (κ1) is 12.7. The van der Waals surface area contributed by atoms with Gasteiger partial charge in [-0.2, -0.15) is 0 Å². The minimum Gasteiger partial charge on any atom is -0.374 e. The number of halogens is 1. The number of rotatable bonds is 6. The molecule has 0 aliphatic rings. The SMILES string of the molecule is CCCSc1cc(Cl)nc(COCC)n1. The first-order valence-corrected chi connectivity index (χ1v) is 6.36. The summed E-state index contributed by atoms with van der Waals surface area (Å²) in [4.78, 5) is 8.45. The molecular weight excluding hydrogens is 232 g/mol. The van der Waals surface area contributed by atoms with E-state index in [1.54, 1.807) is 17.8 Å². The zero-order valence-corrected chi connectivity index (χ0v) is 10.6. The Morgan fingerprint density at radius 2 is 2.20 bits per heavy atom. The largest absolute Gasteiger partial charge is 0.374 e. The molecule has 0 fully saturated rings. The quantitative estimate of drug-likeness (QED) is 0.571. The van der Waals surface area contributed by atoms with E-state index in [1.807, 2.05) is 6.92 Å². The molecule has 0 spiro atoms. The van der Waals surface area contributed by atoms with Gasteiger partial charge in [0, 0.05) is 12.7 Å². The Morgan fingerprint density at radius 1 is 1.40 bits per heavy atom. The van der Waals surface area contributed by atoms with E-state index < -0.39 is 0 Å². The van der Waals surface area contributed by atoms with Crippen LogP contribution in [0.15, 0.2) is 11.1 Å². The van der Waals surface area contributed by atoms with Crippen LogP contribution in [-0.4, -0.2) is 22.3 Å². The standard InChI is InChI=1S/C10H15ClN2OS/c1-3-5-15-10-6-8(11)12-9(13-10)7-14-4-2/h6H,3-5,7H2,1-2H3. The lowest BCUT2D eigenvalue weighted by Crippen LogP contribution is -2.00. The second kappa shape index (κ2) is 7.04. The van der Waals surface area contributed by atoms with Crippen LogP contribution in [0.5, 0.6) is 0 Å². The summed E-state index contributed by atoms with van der Waals surface area (Å²) in [7, 11) is 0. The Balaban J connectivity index is 2.66. The molecule has 1 heterocycles. The summed E-state index contributed by atoms with van der Waals surface area (Å²) >= 11 is 7.58. The van der Waals surface area contributed by atoms with Gasteiger partial charge in [0.2, 0.25) is 0 Å². The highest BCUT2D eigenvalue weighted by molar-refractivity contribution is 7.99. The van der Waals surface area contributed by atoms with Crippen molar-refractivity contribution in [3.63, 3.8) is 0 Å². The average Bonchev–Trinajstić information content (AvgIpc) is 2.23. The van der Waals surface area contributed by atoms with E-state index in [0.717, 1.165) is 17.2 Å². The Kier molecular flexibility index (Phi) is 5.98. The number of hydrogen-bond acceptors (Lipinski definition) is 4. The van der Waals surface area contributed by atoms with Gasteiger partial charge in [-0.3, -0.25) is 0 Å². The van der Waals surface area contributed by atoms with E-state index in [1.165, 1.54) is 0 Å². The van der Waals surface area contributed by atoms with Gasteiger partial charge in [0.25, 0.3) is 0 Å². The third-order valence-corrected chi connectivity index (χ3v) is 2.92. The molecule has 0 saturated carbocycles. The van der Waals surface area contributed by atoms with Gasteiger partial charge in [0.15, 0.2) is 5.82 Å². The number of thioether (sulfide) groups is 1. The van der Waals surface area contributed by atoms with Crippen molar-refractivity contribution < 1.29 is 4.74 Å². The molecule has 84 valence electrons. The van der Waals surface area contributed by atoms with E-state index in [4.69, 9.17) is 16.3 Å². The highest BCUT2D eigenvalue weighted by Crippen LogP contribution is 2.19. The van der Waals surface area contributed by atoms with E-state index >= 15 is 0 Å². The first-order valence-electron chi connectivity index (χ1n) is 5.00. The number of aromatic nitrogens is 2. The van der Waals surface area contributed by atoms with Crippen molar-refractivity contribution in [1.29, 1.82) is 0 Å². The van der Waals surface area contributed by atoms with Gasteiger partial charge in [-0.25, -0.2) is 9.97 Å².